The highest BCUT2D eigenvalue weighted by molar-refractivity contribution is 9.10. The summed E-state index contributed by atoms with van der Waals surface area (Å²) in [6.45, 7) is 8.17. The summed E-state index contributed by atoms with van der Waals surface area (Å²) in [7, 11) is 0. The zero-order valence-corrected chi connectivity index (χ0v) is 31.0. The van der Waals surface area contributed by atoms with Gasteiger partial charge in [0.25, 0.3) is 0 Å². The fourth-order valence-corrected chi connectivity index (χ4v) is 7.13. The molecule has 1 saturated carbocycles. The third kappa shape index (κ3) is 11.1. The zero-order chi connectivity index (χ0) is 34.5. The monoisotopic (exact) mass is 760 g/mol. The summed E-state index contributed by atoms with van der Waals surface area (Å²) in [4.78, 5) is 30.5. The Balaban J connectivity index is 1.26. The van der Waals surface area contributed by atoms with Crippen molar-refractivity contribution in [3.05, 3.63) is 85.8 Å². The van der Waals surface area contributed by atoms with Crippen LogP contribution in [0.15, 0.2) is 59.1 Å². The fraction of sp³-hybridized carbons (Fsp3) is 0.459. The lowest BCUT2D eigenvalue weighted by Crippen LogP contribution is -2.36. The lowest BCUT2D eigenvalue weighted by atomic mass is 9.93. The smallest absolute Gasteiger partial charge is 0.338 e. The van der Waals surface area contributed by atoms with Crippen molar-refractivity contribution >= 4 is 68.1 Å². The van der Waals surface area contributed by atoms with Crippen LogP contribution in [0.3, 0.4) is 0 Å². The van der Waals surface area contributed by atoms with Crippen molar-refractivity contribution in [3.8, 4) is 0 Å². The molecule has 3 aromatic carbocycles. The van der Waals surface area contributed by atoms with Gasteiger partial charge >= 0.3 is 11.9 Å². The van der Waals surface area contributed by atoms with Gasteiger partial charge in [0.15, 0.2) is 0 Å². The number of nitrogen functional groups attached to an aromatic ring is 1. The molecule has 3 aromatic rings. The second-order valence-electron chi connectivity index (χ2n) is 12.1. The van der Waals surface area contributed by atoms with Crippen molar-refractivity contribution in [2.45, 2.75) is 71.4 Å². The Labute approximate surface area is 303 Å². The molecule has 0 aliphatic heterocycles. The fourth-order valence-electron chi connectivity index (χ4n) is 6.13. The van der Waals surface area contributed by atoms with Gasteiger partial charge in [0, 0.05) is 35.8 Å². The summed E-state index contributed by atoms with van der Waals surface area (Å²) < 4.78 is 12.0. The van der Waals surface area contributed by atoms with Crippen LogP contribution >= 0.6 is 39.1 Å². The minimum atomic E-state index is -0.383. The molecular weight excluding hydrogens is 715 g/mol. The lowest BCUT2D eigenvalue weighted by Gasteiger charge is -2.34. The lowest BCUT2D eigenvalue weighted by molar-refractivity contribution is -0.143. The zero-order valence-electron chi connectivity index (χ0n) is 27.9. The molecule has 1 aliphatic rings. The Hall–Kier alpha value is -2.82. The number of esters is 2. The van der Waals surface area contributed by atoms with Crippen LogP contribution in [0.5, 0.6) is 0 Å². The number of halogens is 3. The number of nitrogens with zero attached hydrogens (tertiary/aromatic N) is 2. The topological polar surface area (TPSA) is 97.1 Å². The molecule has 260 valence electrons. The highest BCUT2D eigenvalue weighted by atomic mass is 79.9. The number of nitrogens with one attached hydrogen (secondary N) is 1. The number of rotatable bonds is 17. The van der Waals surface area contributed by atoms with Crippen molar-refractivity contribution in [1.82, 2.24) is 9.80 Å². The minimum absolute atomic E-state index is 0.0897. The summed E-state index contributed by atoms with van der Waals surface area (Å²) in [6.07, 6.45) is 7.24. The molecule has 11 heteroatoms. The molecule has 0 aromatic heterocycles. The molecule has 0 atom stereocenters. The quantitative estimate of drug-likeness (QED) is 0.104. The van der Waals surface area contributed by atoms with Gasteiger partial charge in [0.1, 0.15) is 13.2 Å². The van der Waals surface area contributed by atoms with Crippen molar-refractivity contribution in [1.29, 1.82) is 0 Å². The maximum absolute atomic E-state index is 13.1. The van der Waals surface area contributed by atoms with Gasteiger partial charge in [0.05, 0.1) is 33.4 Å². The standard InChI is InChI=1S/C37H47BrCl2N4O4/c1-3-17-43(18-20-47-34(45)24-26-11-8-9-16-33(26)42-36-31(39)14-10-15-32(36)40)19-21-48-37(46)27-22-28(35(41)30(38)23-27)25-44(4-2)29-12-6-5-7-13-29/h8-11,14-16,22-23,29,42H,3-7,12-13,17-21,24-25,41H2,1-2H3. The normalized spacial score (nSPS) is 13.6. The van der Waals surface area contributed by atoms with Gasteiger partial charge in [-0.3, -0.25) is 14.6 Å². The first-order chi connectivity index (χ1) is 23.2. The molecule has 0 amide bonds. The third-order valence-corrected chi connectivity index (χ3v) is 10.0. The van der Waals surface area contributed by atoms with E-state index in [9.17, 15) is 9.59 Å². The van der Waals surface area contributed by atoms with Gasteiger partial charge in [0.2, 0.25) is 0 Å². The van der Waals surface area contributed by atoms with Crippen LogP contribution in [0.25, 0.3) is 0 Å². The van der Waals surface area contributed by atoms with Crippen LogP contribution in [0.4, 0.5) is 17.1 Å². The number of carbonyl (C=O) groups excluding carboxylic acids is 2. The van der Waals surface area contributed by atoms with Crippen molar-refractivity contribution in [2.75, 3.05) is 50.4 Å². The number of ether oxygens (including phenoxy) is 2. The first-order valence-corrected chi connectivity index (χ1v) is 18.4. The van der Waals surface area contributed by atoms with E-state index in [2.05, 4.69) is 44.9 Å². The summed E-state index contributed by atoms with van der Waals surface area (Å²) in [5.41, 5.74) is 10.6. The van der Waals surface area contributed by atoms with Gasteiger partial charge in [-0.25, -0.2) is 4.79 Å². The molecule has 0 heterocycles. The number of hydrogen-bond donors (Lipinski definition) is 2. The Morgan fingerprint density at radius 3 is 2.29 bits per heavy atom. The van der Waals surface area contributed by atoms with Crippen molar-refractivity contribution in [3.63, 3.8) is 0 Å². The van der Waals surface area contributed by atoms with Crippen LogP contribution in [-0.4, -0.2) is 67.2 Å². The maximum atomic E-state index is 13.1. The first-order valence-electron chi connectivity index (χ1n) is 16.9. The van der Waals surface area contributed by atoms with E-state index in [0.29, 0.717) is 57.1 Å². The van der Waals surface area contributed by atoms with Gasteiger partial charge in [-0.2, -0.15) is 0 Å². The van der Waals surface area contributed by atoms with Crippen LogP contribution in [0.1, 0.15) is 73.9 Å². The van der Waals surface area contributed by atoms with E-state index in [1.165, 1.54) is 32.1 Å². The van der Waals surface area contributed by atoms with Crippen molar-refractivity contribution < 1.29 is 19.1 Å². The SMILES string of the molecule is CCCN(CCOC(=O)Cc1ccccc1Nc1c(Cl)cccc1Cl)CCOC(=O)c1cc(Br)c(N)c(CN(CC)C2CCCCC2)c1. The number of para-hydroxylation sites is 2. The molecule has 0 radical (unpaired) electrons. The largest absolute Gasteiger partial charge is 0.464 e. The van der Waals surface area contributed by atoms with E-state index in [1.807, 2.05) is 30.3 Å². The number of hydrogen-bond acceptors (Lipinski definition) is 8. The van der Waals surface area contributed by atoms with E-state index in [-0.39, 0.29) is 31.6 Å². The summed E-state index contributed by atoms with van der Waals surface area (Å²) >= 11 is 16.2. The first kappa shape index (κ1) is 38.0. The highest BCUT2D eigenvalue weighted by Gasteiger charge is 2.22. The van der Waals surface area contributed by atoms with Gasteiger partial charge in [-0.15, -0.1) is 0 Å². The summed E-state index contributed by atoms with van der Waals surface area (Å²) in [5, 5.41) is 4.22. The molecule has 48 heavy (non-hydrogen) atoms. The van der Waals surface area contributed by atoms with E-state index < -0.39 is 0 Å². The molecule has 0 spiro atoms. The average molecular weight is 763 g/mol. The number of benzene rings is 3. The molecule has 0 bridgehead atoms. The van der Waals surface area contributed by atoms with Gasteiger partial charge in [-0.05, 0) is 89.7 Å². The van der Waals surface area contributed by atoms with E-state index in [4.69, 9.17) is 38.4 Å². The van der Waals surface area contributed by atoms with E-state index >= 15 is 0 Å². The predicted molar refractivity (Wildman–Crippen MR) is 199 cm³/mol. The Morgan fingerprint density at radius 2 is 1.60 bits per heavy atom. The Morgan fingerprint density at radius 1 is 0.917 bits per heavy atom. The average Bonchev–Trinajstić information content (AvgIpc) is 3.08. The molecule has 4 rings (SSSR count). The molecule has 8 nitrogen and oxygen atoms in total. The molecule has 1 fully saturated rings. The second kappa shape index (κ2) is 19.4. The molecule has 1 aliphatic carbocycles. The van der Waals surface area contributed by atoms with E-state index in [0.717, 1.165) is 36.3 Å². The van der Waals surface area contributed by atoms with Gasteiger partial charge in [-0.1, -0.05) is 80.6 Å². The van der Waals surface area contributed by atoms with E-state index in [1.54, 1.807) is 24.3 Å². The maximum Gasteiger partial charge on any atom is 0.338 e. The van der Waals surface area contributed by atoms with Gasteiger partial charge < -0.3 is 20.5 Å². The van der Waals surface area contributed by atoms with Crippen LogP contribution < -0.4 is 11.1 Å². The summed E-state index contributed by atoms with van der Waals surface area (Å²) in [6, 6.07) is 16.9. The molecule has 3 N–H and O–H groups in total. The van der Waals surface area contributed by atoms with Crippen LogP contribution in [0.2, 0.25) is 10.0 Å². The number of anilines is 3. The second-order valence-corrected chi connectivity index (χ2v) is 13.8. The minimum Gasteiger partial charge on any atom is -0.464 e. The Bertz CT molecular complexity index is 1500. The van der Waals surface area contributed by atoms with Crippen LogP contribution in [0, 0.1) is 0 Å². The molecular formula is C37H47BrCl2N4O4. The number of carbonyl (C=O) groups is 2. The van der Waals surface area contributed by atoms with Crippen LogP contribution in [-0.2, 0) is 27.2 Å². The summed E-state index contributed by atoms with van der Waals surface area (Å²) in [5.74, 6) is -0.724. The molecule has 0 unspecified atom stereocenters. The van der Waals surface area contributed by atoms with Crippen molar-refractivity contribution in [2.24, 2.45) is 0 Å². The predicted octanol–water partition coefficient (Wildman–Crippen LogP) is 8.89. The Kier molecular flexibility index (Phi) is 15.3. The highest BCUT2D eigenvalue weighted by Crippen LogP contribution is 2.34. The third-order valence-electron chi connectivity index (χ3n) is 8.75. The number of nitrogens with two attached hydrogens (primary N) is 1. The molecule has 0 saturated heterocycles.